The fourth-order valence-electron chi connectivity index (χ4n) is 4.55. The van der Waals surface area contributed by atoms with E-state index < -0.39 is 0 Å². The average molecular weight is 392 g/mol. The van der Waals surface area contributed by atoms with Gasteiger partial charge in [-0.3, -0.25) is 0 Å². The molecule has 2 N–H and O–H groups in total. The molecule has 0 atom stereocenters. The van der Waals surface area contributed by atoms with Crippen LogP contribution in [0.3, 0.4) is 0 Å². The number of fused-ring (bicyclic) bond motifs is 1. The fourth-order valence-corrected chi connectivity index (χ4v) is 4.55. The number of hydrogen-bond donors (Lipinski definition) is 2. The molecule has 2 aliphatic rings. The molecule has 0 saturated carbocycles. The SMILES string of the molecule is Oc1ccc(O)c2c1CC1=C(/C=C(/c3ccccc3)CC/C(c3ccccc3)=C\1)C2. The number of benzene rings is 3. The Bertz CT molecular complexity index is 1090. The van der Waals surface area contributed by atoms with Crippen LogP contribution in [0.25, 0.3) is 11.1 Å². The first kappa shape index (κ1) is 18.5. The Labute approximate surface area is 177 Å². The van der Waals surface area contributed by atoms with Crippen molar-refractivity contribution in [2.24, 2.45) is 0 Å². The van der Waals surface area contributed by atoms with Gasteiger partial charge in [0.15, 0.2) is 0 Å². The van der Waals surface area contributed by atoms with Gasteiger partial charge in [-0.05, 0) is 58.4 Å². The zero-order chi connectivity index (χ0) is 20.5. The Hall–Kier alpha value is -3.52. The molecule has 0 aromatic heterocycles. The molecule has 0 bridgehead atoms. The number of phenolic OH excluding ortho intramolecular Hbond substituents is 2. The van der Waals surface area contributed by atoms with E-state index in [2.05, 4.69) is 60.7 Å². The lowest BCUT2D eigenvalue weighted by atomic mass is 9.80. The van der Waals surface area contributed by atoms with Crippen molar-refractivity contribution in [2.45, 2.75) is 25.7 Å². The van der Waals surface area contributed by atoms with Gasteiger partial charge in [0.05, 0.1) is 0 Å². The summed E-state index contributed by atoms with van der Waals surface area (Å²) in [6.45, 7) is 0. The molecular formula is C28H24O2. The maximum absolute atomic E-state index is 10.4. The molecule has 2 nitrogen and oxygen atoms in total. The quantitative estimate of drug-likeness (QED) is 0.492. The molecule has 0 heterocycles. The zero-order valence-corrected chi connectivity index (χ0v) is 16.8. The minimum atomic E-state index is 0.262. The Morgan fingerprint density at radius 2 is 0.900 bits per heavy atom. The lowest BCUT2D eigenvalue weighted by Crippen LogP contribution is -2.09. The summed E-state index contributed by atoms with van der Waals surface area (Å²) in [6, 6.07) is 24.3. The lowest BCUT2D eigenvalue weighted by Gasteiger charge is -2.25. The van der Waals surface area contributed by atoms with Gasteiger partial charge in [0.25, 0.3) is 0 Å². The summed E-state index contributed by atoms with van der Waals surface area (Å²) in [4.78, 5) is 0. The Kier molecular flexibility index (Phi) is 4.76. The van der Waals surface area contributed by atoms with Crippen LogP contribution in [0.1, 0.15) is 35.1 Å². The molecule has 0 amide bonds. The second-order valence-electron chi connectivity index (χ2n) is 8.04. The molecule has 0 aliphatic heterocycles. The maximum atomic E-state index is 10.4. The van der Waals surface area contributed by atoms with Crippen molar-refractivity contribution in [1.82, 2.24) is 0 Å². The summed E-state index contributed by atoms with van der Waals surface area (Å²) in [7, 11) is 0. The summed E-state index contributed by atoms with van der Waals surface area (Å²) in [5.41, 5.74) is 9.22. The Balaban J connectivity index is 1.66. The summed E-state index contributed by atoms with van der Waals surface area (Å²) in [5.74, 6) is 0.525. The highest BCUT2D eigenvalue weighted by atomic mass is 16.3. The average Bonchev–Trinajstić information content (AvgIpc) is 2.78. The van der Waals surface area contributed by atoms with Crippen LogP contribution in [-0.2, 0) is 12.8 Å². The monoisotopic (exact) mass is 392 g/mol. The molecule has 3 aromatic rings. The Morgan fingerprint density at radius 3 is 1.30 bits per heavy atom. The second kappa shape index (κ2) is 7.72. The maximum Gasteiger partial charge on any atom is 0.119 e. The highest BCUT2D eigenvalue weighted by Crippen LogP contribution is 2.41. The second-order valence-corrected chi connectivity index (χ2v) is 8.04. The number of phenols is 2. The molecule has 0 fully saturated rings. The van der Waals surface area contributed by atoms with Gasteiger partial charge in [0, 0.05) is 24.0 Å². The van der Waals surface area contributed by atoms with Crippen LogP contribution in [0.2, 0.25) is 0 Å². The molecule has 2 heteroatoms. The lowest BCUT2D eigenvalue weighted by molar-refractivity contribution is 0.449. The van der Waals surface area contributed by atoms with Gasteiger partial charge < -0.3 is 10.2 Å². The van der Waals surface area contributed by atoms with Crippen LogP contribution >= 0.6 is 0 Å². The van der Waals surface area contributed by atoms with Crippen LogP contribution in [0.4, 0.5) is 0 Å². The minimum absolute atomic E-state index is 0.262. The van der Waals surface area contributed by atoms with E-state index in [1.807, 2.05) is 12.1 Å². The van der Waals surface area contributed by atoms with Gasteiger partial charge in [0.1, 0.15) is 11.5 Å². The molecule has 30 heavy (non-hydrogen) atoms. The van der Waals surface area contributed by atoms with Crippen LogP contribution in [0.15, 0.2) is 96.1 Å². The largest absolute Gasteiger partial charge is 0.508 e. The Morgan fingerprint density at radius 1 is 0.500 bits per heavy atom. The number of rotatable bonds is 2. The van der Waals surface area contributed by atoms with Crippen molar-refractivity contribution in [2.75, 3.05) is 0 Å². The predicted octanol–water partition coefficient (Wildman–Crippen LogP) is 6.45. The molecule has 2 aliphatic carbocycles. The van der Waals surface area contributed by atoms with Crippen molar-refractivity contribution >= 4 is 11.1 Å². The standard InChI is InChI=1S/C28H24O2/c29-27-13-14-28(30)26-18-24-16-22(20-9-5-2-6-10-20)12-11-21(15-23(24)17-25(26)27)19-7-3-1-4-8-19/h1-10,13-16,29-30H,11-12,17-18H2/b21-15+,22-16+. The van der Waals surface area contributed by atoms with E-state index in [-0.39, 0.29) is 11.5 Å². The first-order valence-electron chi connectivity index (χ1n) is 10.5. The van der Waals surface area contributed by atoms with Crippen molar-refractivity contribution in [1.29, 1.82) is 0 Å². The topological polar surface area (TPSA) is 40.5 Å². The summed E-state index contributed by atoms with van der Waals surface area (Å²) >= 11 is 0. The molecule has 0 unspecified atom stereocenters. The van der Waals surface area contributed by atoms with E-state index in [1.165, 1.54) is 33.4 Å². The van der Waals surface area contributed by atoms with Crippen LogP contribution in [-0.4, -0.2) is 10.2 Å². The summed E-state index contributed by atoms with van der Waals surface area (Å²) in [5, 5.41) is 20.9. The highest BCUT2D eigenvalue weighted by Gasteiger charge is 2.23. The highest BCUT2D eigenvalue weighted by molar-refractivity contribution is 5.77. The van der Waals surface area contributed by atoms with E-state index in [0.717, 1.165) is 24.0 Å². The molecule has 0 saturated heterocycles. The first-order valence-corrected chi connectivity index (χ1v) is 10.5. The third-order valence-corrected chi connectivity index (χ3v) is 6.18. The van der Waals surface area contributed by atoms with Gasteiger partial charge in [-0.15, -0.1) is 0 Å². The minimum Gasteiger partial charge on any atom is -0.508 e. The summed E-state index contributed by atoms with van der Waals surface area (Å²) < 4.78 is 0. The van der Waals surface area contributed by atoms with E-state index in [1.54, 1.807) is 12.1 Å². The van der Waals surface area contributed by atoms with E-state index in [9.17, 15) is 10.2 Å². The van der Waals surface area contributed by atoms with Gasteiger partial charge >= 0.3 is 0 Å². The third-order valence-electron chi connectivity index (χ3n) is 6.18. The van der Waals surface area contributed by atoms with Crippen molar-refractivity contribution in [3.63, 3.8) is 0 Å². The molecule has 148 valence electrons. The number of aromatic hydroxyl groups is 2. The van der Waals surface area contributed by atoms with E-state index in [4.69, 9.17) is 0 Å². The van der Waals surface area contributed by atoms with Crippen LogP contribution in [0, 0.1) is 0 Å². The van der Waals surface area contributed by atoms with E-state index in [0.29, 0.717) is 12.8 Å². The summed E-state index contributed by atoms with van der Waals surface area (Å²) in [6.07, 6.45) is 7.77. The van der Waals surface area contributed by atoms with Crippen LogP contribution < -0.4 is 0 Å². The predicted molar refractivity (Wildman–Crippen MR) is 122 cm³/mol. The first-order chi connectivity index (χ1) is 14.7. The van der Waals surface area contributed by atoms with Crippen molar-refractivity contribution in [3.05, 3.63) is 118 Å². The van der Waals surface area contributed by atoms with Crippen molar-refractivity contribution < 1.29 is 10.2 Å². The molecule has 0 spiro atoms. The smallest absolute Gasteiger partial charge is 0.119 e. The number of allylic oxidation sites excluding steroid dienone is 6. The molecule has 3 aromatic carbocycles. The van der Waals surface area contributed by atoms with Gasteiger partial charge in [-0.1, -0.05) is 72.8 Å². The zero-order valence-electron chi connectivity index (χ0n) is 16.8. The molecular weight excluding hydrogens is 368 g/mol. The normalized spacial score (nSPS) is 19.5. The molecule has 5 rings (SSSR count). The van der Waals surface area contributed by atoms with Gasteiger partial charge in [-0.2, -0.15) is 0 Å². The van der Waals surface area contributed by atoms with Gasteiger partial charge in [-0.25, -0.2) is 0 Å². The third kappa shape index (κ3) is 3.46. The van der Waals surface area contributed by atoms with Crippen LogP contribution in [0.5, 0.6) is 11.5 Å². The number of hydrogen-bond acceptors (Lipinski definition) is 2. The van der Waals surface area contributed by atoms with Gasteiger partial charge in [0.2, 0.25) is 0 Å². The van der Waals surface area contributed by atoms with E-state index >= 15 is 0 Å². The fraction of sp³-hybridized carbons (Fsp3) is 0.143. The van der Waals surface area contributed by atoms with Crippen molar-refractivity contribution in [3.8, 4) is 11.5 Å². The molecule has 0 radical (unpaired) electrons.